The molecule has 1 saturated heterocycles. The third kappa shape index (κ3) is 3.57. The zero-order valence-corrected chi connectivity index (χ0v) is 13.3. The number of aromatic carboxylic acids is 1. The first kappa shape index (κ1) is 16.7. The lowest BCUT2D eigenvalue weighted by molar-refractivity contribution is -0.119. The van der Waals surface area contributed by atoms with Gasteiger partial charge in [-0.05, 0) is 31.5 Å². The van der Waals surface area contributed by atoms with Crippen LogP contribution in [0.5, 0.6) is 0 Å². The van der Waals surface area contributed by atoms with Gasteiger partial charge in [0.25, 0.3) is 0 Å². The van der Waals surface area contributed by atoms with Gasteiger partial charge < -0.3 is 10.4 Å². The topological polar surface area (TPSA) is 113 Å². The summed E-state index contributed by atoms with van der Waals surface area (Å²) in [5, 5.41) is 11.4. The van der Waals surface area contributed by atoms with Crippen molar-refractivity contribution in [1.29, 1.82) is 0 Å². The van der Waals surface area contributed by atoms with Gasteiger partial charge in [0.05, 0.1) is 16.1 Å². The first-order valence-corrected chi connectivity index (χ1v) is 8.33. The molecule has 0 radical (unpaired) electrons. The fourth-order valence-electron chi connectivity index (χ4n) is 2.17. The summed E-state index contributed by atoms with van der Waals surface area (Å²) >= 11 is 5.86. The number of benzene rings is 1. The van der Waals surface area contributed by atoms with Crippen LogP contribution in [0.4, 0.5) is 0 Å². The van der Waals surface area contributed by atoms with E-state index in [1.165, 1.54) is 6.07 Å². The highest BCUT2D eigenvalue weighted by Gasteiger charge is 2.34. The molecule has 120 valence electrons. The van der Waals surface area contributed by atoms with E-state index in [9.17, 15) is 18.0 Å². The molecule has 9 heteroatoms. The van der Waals surface area contributed by atoms with Gasteiger partial charge in [-0.25, -0.2) is 17.9 Å². The lowest BCUT2D eigenvalue weighted by atomic mass is 10.0. The highest BCUT2D eigenvalue weighted by molar-refractivity contribution is 7.89. The molecule has 3 N–H and O–H groups in total. The largest absolute Gasteiger partial charge is 0.478 e. The summed E-state index contributed by atoms with van der Waals surface area (Å²) in [6, 6.07) is 3.39. The fourth-order valence-corrected chi connectivity index (χ4v) is 3.88. The van der Waals surface area contributed by atoms with Crippen LogP contribution >= 0.6 is 11.6 Å². The summed E-state index contributed by atoms with van der Waals surface area (Å²) in [6.45, 7) is 1.77. The molecular weight excluding hydrogens is 332 g/mol. The zero-order valence-electron chi connectivity index (χ0n) is 11.7. The van der Waals surface area contributed by atoms with Gasteiger partial charge >= 0.3 is 5.97 Å². The van der Waals surface area contributed by atoms with Crippen molar-refractivity contribution in [3.8, 4) is 0 Å². The molecule has 1 aromatic rings. The fraction of sp³-hybridized carbons (Fsp3) is 0.385. The van der Waals surface area contributed by atoms with Crippen LogP contribution in [0.15, 0.2) is 23.1 Å². The monoisotopic (exact) mass is 346 g/mol. The van der Waals surface area contributed by atoms with Gasteiger partial charge in [-0.2, -0.15) is 0 Å². The Morgan fingerprint density at radius 2 is 2.18 bits per heavy atom. The molecule has 0 aliphatic carbocycles. The van der Waals surface area contributed by atoms with Gasteiger partial charge in [0.2, 0.25) is 15.9 Å². The number of rotatable bonds is 5. The normalized spacial score (nSPS) is 21.6. The Kier molecular flexibility index (Phi) is 4.46. The maximum absolute atomic E-state index is 12.3. The van der Waals surface area contributed by atoms with Crippen molar-refractivity contribution in [2.45, 2.75) is 30.2 Å². The standard InChI is InChI=1S/C13H15ClN2O5S/c1-13(5-4-11(17)16-13)7-15-22(20,21)10-3-2-8(12(18)19)6-9(10)14/h2-3,6,15H,4-5,7H2,1H3,(H,16,17)(H,18,19). The Balaban J connectivity index is 2.17. The predicted molar refractivity (Wildman–Crippen MR) is 79.4 cm³/mol. The van der Waals surface area contributed by atoms with Gasteiger partial charge in [-0.1, -0.05) is 11.6 Å². The summed E-state index contributed by atoms with van der Waals surface area (Å²) in [5.74, 6) is -1.31. The van der Waals surface area contributed by atoms with E-state index in [-0.39, 0.29) is 27.9 Å². The molecule has 0 saturated carbocycles. The van der Waals surface area contributed by atoms with Gasteiger partial charge in [0.1, 0.15) is 4.90 Å². The molecule has 1 amide bonds. The number of carbonyl (C=O) groups is 2. The number of hydrogen-bond acceptors (Lipinski definition) is 4. The van der Waals surface area contributed by atoms with E-state index in [4.69, 9.17) is 16.7 Å². The number of halogens is 1. The van der Waals surface area contributed by atoms with Crippen molar-refractivity contribution in [3.63, 3.8) is 0 Å². The number of nitrogens with one attached hydrogen (secondary N) is 2. The third-order valence-electron chi connectivity index (χ3n) is 3.47. The van der Waals surface area contributed by atoms with Crippen LogP contribution in [0.1, 0.15) is 30.1 Å². The molecule has 22 heavy (non-hydrogen) atoms. The summed E-state index contributed by atoms with van der Waals surface area (Å²) in [4.78, 5) is 21.9. The number of hydrogen-bond donors (Lipinski definition) is 3. The van der Waals surface area contributed by atoms with Crippen LogP contribution < -0.4 is 10.0 Å². The second-order valence-corrected chi connectivity index (χ2v) is 7.53. The van der Waals surface area contributed by atoms with Crippen molar-refractivity contribution in [2.24, 2.45) is 0 Å². The Labute approximate surface area is 132 Å². The van der Waals surface area contributed by atoms with E-state index in [1.54, 1.807) is 6.92 Å². The maximum Gasteiger partial charge on any atom is 0.335 e. The molecule has 1 fully saturated rings. The van der Waals surface area contributed by atoms with Gasteiger partial charge in [0, 0.05) is 13.0 Å². The van der Waals surface area contributed by atoms with Crippen LogP contribution in [0.3, 0.4) is 0 Å². The molecule has 0 aromatic heterocycles. The van der Waals surface area contributed by atoms with Gasteiger partial charge in [-0.15, -0.1) is 0 Å². The van der Waals surface area contributed by atoms with Crippen molar-refractivity contribution < 1.29 is 23.1 Å². The minimum absolute atomic E-state index is 0.0259. The Bertz CT molecular complexity index is 734. The number of carboxylic acid groups (broad SMARTS) is 1. The number of sulfonamides is 1. The van der Waals surface area contributed by atoms with Crippen LogP contribution in [0.2, 0.25) is 5.02 Å². The maximum atomic E-state index is 12.3. The van der Waals surface area contributed by atoms with Crippen LogP contribution in [-0.2, 0) is 14.8 Å². The van der Waals surface area contributed by atoms with Gasteiger partial charge in [-0.3, -0.25) is 4.79 Å². The average Bonchev–Trinajstić information content (AvgIpc) is 2.76. The number of amides is 1. The minimum atomic E-state index is -3.90. The second kappa shape index (κ2) is 5.86. The molecular formula is C13H15ClN2O5S. The Morgan fingerprint density at radius 1 is 1.50 bits per heavy atom. The van der Waals surface area contributed by atoms with E-state index in [2.05, 4.69) is 10.0 Å². The molecule has 0 bridgehead atoms. The second-order valence-electron chi connectivity index (χ2n) is 5.38. The molecule has 1 aliphatic rings. The van der Waals surface area contributed by atoms with E-state index < -0.39 is 21.5 Å². The van der Waals surface area contributed by atoms with Crippen molar-refractivity contribution in [3.05, 3.63) is 28.8 Å². The first-order valence-electron chi connectivity index (χ1n) is 6.46. The molecule has 7 nitrogen and oxygen atoms in total. The molecule has 1 aliphatic heterocycles. The average molecular weight is 347 g/mol. The van der Waals surface area contributed by atoms with Crippen molar-refractivity contribution in [1.82, 2.24) is 10.0 Å². The minimum Gasteiger partial charge on any atom is -0.478 e. The summed E-state index contributed by atoms with van der Waals surface area (Å²) in [6.07, 6.45) is 0.881. The molecule has 2 rings (SSSR count). The summed E-state index contributed by atoms with van der Waals surface area (Å²) in [5.41, 5.74) is -0.739. The van der Waals surface area contributed by atoms with Crippen molar-refractivity contribution in [2.75, 3.05) is 6.54 Å². The number of carbonyl (C=O) groups excluding carboxylic acids is 1. The summed E-state index contributed by atoms with van der Waals surface area (Å²) < 4.78 is 26.9. The van der Waals surface area contributed by atoms with E-state index in [1.807, 2.05) is 0 Å². The molecule has 1 unspecified atom stereocenters. The van der Waals surface area contributed by atoms with Crippen LogP contribution in [0, 0.1) is 0 Å². The summed E-state index contributed by atoms with van der Waals surface area (Å²) in [7, 11) is -3.90. The smallest absolute Gasteiger partial charge is 0.335 e. The van der Waals surface area contributed by atoms with Crippen LogP contribution in [0.25, 0.3) is 0 Å². The number of carboxylic acids is 1. The van der Waals surface area contributed by atoms with Gasteiger partial charge in [0.15, 0.2) is 0 Å². The molecule has 1 heterocycles. The SMILES string of the molecule is CC1(CNS(=O)(=O)c2ccc(C(=O)O)cc2Cl)CCC(=O)N1. The van der Waals surface area contributed by atoms with Crippen LogP contribution in [-0.4, -0.2) is 37.5 Å². The zero-order chi connectivity index (χ0) is 16.5. The molecule has 0 spiro atoms. The van der Waals surface area contributed by atoms with Crippen molar-refractivity contribution >= 4 is 33.5 Å². The third-order valence-corrected chi connectivity index (χ3v) is 5.35. The van der Waals surface area contributed by atoms with E-state index >= 15 is 0 Å². The lowest BCUT2D eigenvalue weighted by Gasteiger charge is -2.24. The Hall–Kier alpha value is -1.64. The lowest BCUT2D eigenvalue weighted by Crippen LogP contribution is -2.48. The molecule has 1 aromatic carbocycles. The molecule has 1 atom stereocenters. The van der Waals surface area contributed by atoms with E-state index in [0.29, 0.717) is 12.8 Å². The first-order chi connectivity index (χ1) is 10.1. The highest BCUT2D eigenvalue weighted by atomic mass is 35.5. The van der Waals surface area contributed by atoms with E-state index in [0.717, 1.165) is 12.1 Å². The predicted octanol–water partition coefficient (Wildman–Crippen LogP) is 0.985. The quantitative estimate of drug-likeness (QED) is 0.735. The highest BCUT2D eigenvalue weighted by Crippen LogP contribution is 2.24. The Morgan fingerprint density at radius 3 is 2.68 bits per heavy atom.